The highest BCUT2D eigenvalue weighted by molar-refractivity contribution is 5.91. The minimum Gasteiger partial charge on any atom is -0.399 e. The van der Waals surface area contributed by atoms with Crippen LogP contribution in [0.1, 0.15) is 30.0 Å². The Balaban J connectivity index is 1.50. The van der Waals surface area contributed by atoms with E-state index in [1.807, 2.05) is 37.3 Å². The molecule has 0 aliphatic carbocycles. The molecule has 5 rings (SSSR count). The summed E-state index contributed by atoms with van der Waals surface area (Å²) in [5.41, 5.74) is 8.24. The van der Waals surface area contributed by atoms with Crippen LogP contribution in [0, 0.1) is 11.6 Å². The number of fused-ring (bicyclic) bond motifs is 1. The van der Waals surface area contributed by atoms with Crippen LogP contribution in [0.4, 0.5) is 19.3 Å². The number of piperazine rings is 1. The molecule has 2 atom stereocenters. The van der Waals surface area contributed by atoms with Gasteiger partial charge in [0.1, 0.15) is 23.8 Å². The molecule has 2 aliphatic rings. The molecule has 42 heavy (non-hydrogen) atoms. The van der Waals surface area contributed by atoms with Gasteiger partial charge in [-0.1, -0.05) is 55.5 Å². The predicted molar refractivity (Wildman–Crippen MR) is 153 cm³/mol. The molecule has 220 valence electrons. The highest BCUT2D eigenvalue weighted by Crippen LogP contribution is 2.30. The summed E-state index contributed by atoms with van der Waals surface area (Å²) in [6, 6.07) is 18.3. The first-order valence-corrected chi connectivity index (χ1v) is 14.0. The average Bonchev–Trinajstić information content (AvgIpc) is 2.97. The molecule has 0 saturated carbocycles. The van der Waals surface area contributed by atoms with E-state index in [2.05, 4.69) is 5.32 Å². The van der Waals surface area contributed by atoms with Crippen molar-refractivity contribution in [2.75, 3.05) is 25.4 Å². The SMILES string of the molecule is CCCN1CC(=O)N2[C@@H](Cc3ccc(N)cc3)C(=O)N(Cc3ccc(F)cc3F)C[C@@H]2N1C(=O)NCc1ccccc1. The monoisotopic (exact) mass is 576 g/mol. The van der Waals surface area contributed by atoms with Crippen LogP contribution in [0.2, 0.25) is 0 Å². The molecule has 9 nitrogen and oxygen atoms in total. The van der Waals surface area contributed by atoms with Crippen LogP contribution in [0.25, 0.3) is 0 Å². The Bertz CT molecular complexity index is 1440. The molecule has 4 amide bonds. The number of carbonyl (C=O) groups is 3. The quantitative estimate of drug-likeness (QED) is 0.400. The summed E-state index contributed by atoms with van der Waals surface area (Å²) < 4.78 is 28.3. The number of amides is 4. The van der Waals surface area contributed by atoms with Crippen LogP contribution in [0.15, 0.2) is 72.8 Å². The molecule has 2 heterocycles. The van der Waals surface area contributed by atoms with Gasteiger partial charge in [0.15, 0.2) is 0 Å². The summed E-state index contributed by atoms with van der Waals surface area (Å²) in [6.45, 7) is 2.41. The van der Waals surface area contributed by atoms with Gasteiger partial charge < -0.3 is 20.9 Å². The van der Waals surface area contributed by atoms with Gasteiger partial charge >= 0.3 is 6.03 Å². The molecule has 2 aliphatic heterocycles. The molecule has 0 bridgehead atoms. The number of rotatable bonds is 8. The van der Waals surface area contributed by atoms with E-state index < -0.39 is 29.9 Å². The number of urea groups is 1. The van der Waals surface area contributed by atoms with Crippen LogP contribution < -0.4 is 11.1 Å². The van der Waals surface area contributed by atoms with E-state index in [0.29, 0.717) is 18.7 Å². The fraction of sp³-hybridized carbons (Fsp3) is 0.323. The summed E-state index contributed by atoms with van der Waals surface area (Å²) in [5, 5.41) is 6.18. The van der Waals surface area contributed by atoms with Crippen molar-refractivity contribution in [2.45, 2.75) is 45.1 Å². The molecule has 3 N–H and O–H groups in total. The van der Waals surface area contributed by atoms with Crippen molar-refractivity contribution in [1.29, 1.82) is 0 Å². The molecular weight excluding hydrogens is 542 g/mol. The standard InChI is InChI=1S/C31H34F2N6O3/c1-2-14-37-20-29(40)38-27(15-21-8-12-25(34)13-9-21)30(41)36(18-23-10-11-24(32)16-26(23)33)19-28(38)39(37)31(42)35-17-22-6-4-3-5-7-22/h3-13,16,27-28H,2,14-15,17-20,34H2,1H3,(H,35,42)/t27-,28-/m0/s1. The number of hydrogen-bond acceptors (Lipinski definition) is 5. The highest BCUT2D eigenvalue weighted by atomic mass is 19.1. The van der Waals surface area contributed by atoms with Gasteiger partial charge in [-0.2, -0.15) is 0 Å². The first-order chi connectivity index (χ1) is 20.2. The van der Waals surface area contributed by atoms with Crippen LogP contribution in [0.5, 0.6) is 0 Å². The number of benzene rings is 3. The summed E-state index contributed by atoms with van der Waals surface area (Å²) in [5.74, 6) is -2.15. The normalized spacial score (nSPS) is 19.2. The Kier molecular flexibility index (Phi) is 8.67. The summed E-state index contributed by atoms with van der Waals surface area (Å²) in [7, 11) is 0. The lowest BCUT2D eigenvalue weighted by atomic mass is 9.98. The second-order valence-corrected chi connectivity index (χ2v) is 10.6. The molecule has 3 aromatic rings. The largest absolute Gasteiger partial charge is 0.399 e. The van der Waals surface area contributed by atoms with Crippen molar-refractivity contribution in [3.63, 3.8) is 0 Å². The average molecular weight is 577 g/mol. The molecule has 2 saturated heterocycles. The van der Waals surface area contributed by atoms with Gasteiger partial charge in [0.25, 0.3) is 0 Å². The van der Waals surface area contributed by atoms with Crippen molar-refractivity contribution < 1.29 is 23.2 Å². The second kappa shape index (κ2) is 12.6. The number of nitrogens with one attached hydrogen (secondary N) is 1. The summed E-state index contributed by atoms with van der Waals surface area (Å²) in [6.07, 6.45) is 0.0196. The number of nitrogen functional groups attached to an aromatic ring is 1. The van der Waals surface area contributed by atoms with E-state index in [0.717, 1.165) is 23.3 Å². The van der Waals surface area contributed by atoms with Gasteiger partial charge in [0.05, 0.1) is 13.1 Å². The fourth-order valence-electron chi connectivity index (χ4n) is 5.57. The lowest BCUT2D eigenvalue weighted by Gasteiger charge is -2.55. The van der Waals surface area contributed by atoms with Gasteiger partial charge in [-0.3, -0.25) is 9.59 Å². The molecule has 0 aromatic heterocycles. The fourth-order valence-corrected chi connectivity index (χ4v) is 5.57. The lowest BCUT2D eigenvalue weighted by Crippen LogP contribution is -2.76. The third-order valence-corrected chi connectivity index (χ3v) is 7.59. The second-order valence-electron chi connectivity index (χ2n) is 10.6. The van der Waals surface area contributed by atoms with Crippen molar-refractivity contribution in [3.05, 3.63) is 101 Å². The number of halogens is 2. The van der Waals surface area contributed by atoms with E-state index in [9.17, 15) is 23.2 Å². The van der Waals surface area contributed by atoms with Gasteiger partial charge in [0, 0.05) is 43.4 Å². The number of hydrazine groups is 1. The number of anilines is 1. The van der Waals surface area contributed by atoms with Crippen LogP contribution in [-0.4, -0.2) is 69.5 Å². The molecule has 2 fully saturated rings. The first kappa shape index (κ1) is 29.0. The van der Waals surface area contributed by atoms with Gasteiger partial charge in [-0.05, 0) is 35.7 Å². The number of hydrogen-bond donors (Lipinski definition) is 2. The van der Waals surface area contributed by atoms with E-state index in [1.165, 1.54) is 20.9 Å². The minimum absolute atomic E-state index is 0.0431. The van der Waals surface area contributed by atoms with E-state index in [-0.39, 0.29) is 50.0 Å². The van der Waals surface area contributed by atoms with Gasteiger partial charge in [-0.25, -0.2) is 23.6 Å². The molecule has 3 aromatic carbocycles. The maximum Gasteiger partial charge on any atom is 0.334 e. The number of nitrogens with two attached hydrogens (primary N) is 1. The zero-order valence-electron chi connectivity index (χ0n) is 23.4. The third-order valence-electron chi connectivity index (χ3n) is 7.59. The Labute approximate surface area is 243 Å². The van der Waals surface area contributed by atoms with Crippen molar-refractivity contribution in [1.82, 2.24) is 25.1 Å². The smallest absolute Gasteiger partial charge is 0.334 e. The Morgan fingerprint density at radius 3 is 2.43 bits per heavy atom. The highest BCUT2D eigenvalue weighted by Gasteiger charge is 2.51. The summed E-state index contributed by atoms with van der Waals surface area (Å²) in [4.78, 5) is 44.3. The molecule has 11 heteroatoms. The van der Waals surface area contributed by atoms with E-state index in [1.54, 1.807) is 29.3 Å². The molecule has 0 spiro atoms. The van der Waals surface area contributed by atoms with Crippen LogP contribution >= 0.6 is 0 Å². The number of nitrogens with zero attached hydrogens (tertiary/aromatic N) is 4. The lowest BCUT2D eigenvalue weighted by molar-refractivity contribution is -0.191. The zero-order valence-corrected chi connectivity index (χ0v) is 23.4. The Hall–Kier alpha value is -4.51. The van der Waals surface area contributed by atoms with Gasteiger partial charge in [0.2, 0.25) is 11.8 Å². The van der Waals surface area contributed by atoms with Crippen molar-refractivity contribution >= 4 is 23.5 Å². The maximum atomic E-state index is 14.7. The minimum atomic E-state index is -0.948. The third kappa shape index (κ3) is 6.20. The zero-order chi connectivity index (χ0) is 29.8. The van der Waals surface area contributed by atoms with E-state index >= 15 is 0 Å². The van der Waals surface area contributed by atoms with Gasteiger partial charge in [-0.15, -0.1) is 0 Å². The molecule has 0 radical (unpaired) electrons. The molecular formula is C31H34F2N6O3. The first-order valence-electron chi connectivity index (χ1n) is 14.0. The Morgan fingerprint density at radius 2 is 1.74 bits per heavy atom. The topological polar surface area (TPSA) is 102 Å². The van der Waals surface area contributed by atoms with Crippen molar-refractivity contribution in [3.8, 4) is 0 Å². The Morgan fingerprint density at radius 1 is 1.00 bits per heavy atom. The predicted octanol–water partition coefficient (Wildman–Crippen LogP) is 3.51. The van der Waals surface area contributed by atoms with Crippen LogP contribution in [-0.2, 0) is 29.1 Å². The van der Waals surface area contributed by atoms with Crippen molar-refractivity contribution in [2.24, 2.45) is 0 Å². The number of carbonyl (C=O) groups excluding carboxylic acids is 3. The maximum absolute atomic E-state index is 14.7. The summed E-state index contributed by atoms with van der Waals surface area (Å²) >= 11 is 0. The van der Waals surface area contributed by atoms with Crippen LogP contribution in [0.3, 0.4) is 0 Å². The molecule has 0 unspecified atom stereocenters. The van der Waals surface area contributed by atoms with E-state index in [4.69, 9.17) is 5.73 Å².